The van der Waals surface area contributed by atoms with Crippen molar-refractivity contribution in [1.29, 1.82) is 0 Å². The molecule has 4 saturated carbocycles. The molecule has 8 atom stereocenters. The molecule has 0 radical (unpaired) electrons. The van der Waals surface area contributed by atoms with Gasteiger partial charge in [-0.3, -0.25) is 4.79 Å². The van der Waals surface area contributed by atoms with E-state index in [-0.39, 0.29) is 17.1 Å². The maximum Gasteiger partial charge on any atom is 0.136 e. The number of Topliss-reactive ketones (excluding diaryl/α,β-unsaturated/α-hetero) is 1. The van der Waals surface area contributed by atoms with Gasteiger partial charge in [0, 0.05) is 5.92 Å². The van der Waals surface area contributed by atoms with Crippen LogP contribution in [0.3, 0.4) is 0 Å². The molecule has 0 saturated heterocycles. The van der Waals surface area contributed by atoms with E-state index >= 15 is 0 Å². The zero-order valence-electron chi connectivity index (χ0n) is 15.2. The highest BCUT2D eigenvalue weighted by molar-refractivity contribution is 5.80. The lowest BCUT2D eigenvalue weighted by molar-refractivity contribution is -0.135. The summed E-state index contributed by atoms with van der Waals surface area (Å²) in [6.45, 7) is 6.61. The van der Waals surface area contributed by atoms with Crippen LogP contribution in [-0.2, 0) is 4.79 Å². The van der Waals surface area contributed by atoms with E-state index in [9.17, 15) is 9.90 Å². The second kappa shape index (κ2) is 5.31. The number of aliphatic hydroxyl groups is 1. The van der Waals surface area contributed by atoms with Crippen molar-refractivity contribution in [3.63, 3.8) is 0 Å². The van der Waals surface area contributed by atoms with Crippen LogP contribution in [0.1, 0.15) is 78.6 Å². The Morgan fingerprint density at radius 2 is 1.74 bits per heavy atom. The molecule has 2 nitrogen and oxygen atoms in total. The minimum Gasteiger partial charge on any atom is -0.392 e. The Morgan fingerprint density at radius 3 is 2.48 bits per heavy atom. The summed E-state index contributed by atoms with van der Waals surface area (Å²) in [5.74, 6) is 3.23. The molecule has 2 heteroatoms. The molecule has 0 amide bonds. The van der Waals surface area contributed by atoms with Crippen molar-refractivity contribution >= 4 is 5.78 Å². The second-order valence-corrected chi connectivity index (χ2v) is 9.84. The van der Waals surface area contributed by atoms with Crippen LogP contribution in [0.2, 0.25) is 0 Å². The fourth-order valence-corrected chi connectivity index (χ4v) is 8.04. The van der Waals surface area contributed by atoms with E-state index in [4.69, 9.17) is 0 Å². The van der Waals surface area contributed by atoms with E-state index in [0.29, 0.717) is 11.3 Å². The van der Waals surface area contributed by atoms with Crippen molar-refractivity contribution in [1.82, 2.24) is 0 Å². The van der Waals surface area contributed by atoms with Crippen molar-refractivity contribution in [2.75, 3.05) is 0 Å². The van der Waals surface area contributed by atoms with Crippen LogP contribution in [0, 0.1) is 40.4 Å². The third-order valence-corrected chi connectivity index (χ3v) is 9.05. The van der Waals surface area contributed by atoms with E-state index in [2.05, 4.69) is 13.8 Å². The molecular formula is C21H34O2. The van der Waals surface area contributed by atoms with Crippen LogP contribution in [0.5, 0.6) is 0 Å². The maximum atomic E-state index is 12.2. The molecule has 4 aliphatic rings. The summed E-state index contributed by atoms with van der Waals surface area (Å²) in [6, 6.07) is 0. The molecular weight excluding hydrogens is 284 g/mol. The lowest BCUT2D eigenvalue weighted by Crippen LogP contribution is -2.53. The van der Waals surface area contributed by atoms with Gasteiger partial charge in [-0.05, 0) is 86.4 Å². The van der Waals surface area contributed by atoms with Crippen LogP contribution in [0.4, 0.5) is 0 Å². The molecule has 0 heterocycles. The summed E-state index contributed by atoms with van der Waals surface area (Å²) in [7, 11) is 0. The minimum atomic E-state index is -0.391. The second-order valence-electron chi connectivity index (χ2n) is 9.84. The largest absolute Gasteiger partial charge is 0.392 e. The summed E-state index contributed by atoms with van der Waals surface area (Å²) in [4.78, 5) is 12.2. The standard InChI is InChI=1S/C21H34O2/c1-13(22)19-18(23)12-17-15-8-7-14-6-4-5-10-20(14,2)16(15)9-11-21(17,19)3/h14-19,23H,4-12H2,1-3H3/t14-,15+,16+,17+,18+,19+,20-,21-/m0/s1. The summed E-state index contributed by atoms with van der Waals surface area (Å²) >= 11 is 0. The van der Waals surface area contributed by atoms with E-state index in [1.165, 1.54) is 44.9 Å². The number of hydrogen-bond donors (Lipinski definition) is 1. The van der Waals surface area contributed by atoms with E-state index < -0.39 is 6.10 Å². The number of rotatable bonds is 1. The third kappa shape index (κ3) is 2.12. The molecule has 23 heavy (non-hydrogen) atoms. The zero-order valence-corrected chi connectivity index (χ0v) is 15.2. The summed E-state index contributed by atoms with van der Waals surface area (Å²) in [6.07, 6.45) is 11.4. The molecule has 0 spiro atoms. The number of aliphatic hydroxyl groups excluding tert-OH is 1. The molecule has 0 aromatic heterocycles. The summed E-state index contributed by atoms with van der Waals surface area (Å²) in [5.41, 5.74) is 0.603. The molecule has 4 aliphatic carbocycles. The fraction of sp³-hybridized carbons (Fsp3) is 0.952. The van der Waals surface area contributed by atoms with Crippen molar-refractivity contribution in [2.45, 2.75) is 84.7 Å². The highest BCUT2D eigenvalue weighted by atomic mass is 16.3. The van der Waals surface area contributed by atoms with Crippen LogP contribution < -0.4 is 0 Å². The quantitative estimate of drug-likeness (QED) is 0.767. The molecule has 0 aromatic carbocycles. The van der Waals surface area contributed by atoms with Gasteiger partial charge in [0.15, 0.2) is 0 Å². The molecule has 1 N–H and O–H groups in total. The normalized spacial score (nSPS) is 55.7. The highest BCUT2D eigenvalue weighted by Crippen LogP contribution is 2.67. The summed E-state index contributed by atoms with van der Waals surface area (Å²) < 4.78 is 0. The number of carbonyl (C=O) groups excluding carboxylic acids is 1. The smallest absolute Gasteiger partial charge is 0.136 e. The van der Waals surface area contributed by atoms with Gasteiger partial charge in [0.25, 0.3) is 0 Å². The number of carbonyl (C=O) groups is 1. The molecule has 0 bridgehead atoms. The number of hydrogen-bond acceptors (Lipinski definition) is 2. The van der Waals surface area contributed by atoms with Gasteiger partial charge in [0.1, 0.15) is 5.78 Å². The van der Waals surface area contributed by atoms with Gasteiger partial charge in [-0.15, -0.1) is 0 Å². The average molecular weight is 319 g/mol. The number of ketones is 1. The fourth-order valence-electron chi connectivity index (χ4n) is 8.04. The first-order valence-electron chi connectivity index (χ1n) is 10.1. The van der Waals surface area contributed by atoms with E-state index in [0.717, 1.165) is 30.6 Å². The van der Waals surface area contributed by atoms with Gasteiger partial charge < -0.3 is 5.11 Å². The summed E-state index contributed by atoms with van der Waals surface area (Å²) in [5, 5.41) is 10.6. The Balaban J connectivity index is 1.66. The van der Waals surface area contributed by atoms with Crippen molar-refractivity contribution in [3.05, 3.63) is 0 Å². The molecule has 130 valence electrons. The lowest BCUT2D eigenvalue weighted by Gasteiger charge is -2.60. The highest BCUT2D eigenvalue weighted by Gasteiger charge is 2.62. The minimum absolute atomic E-state index is 0.0598. The third-order valence-electron chi connectivity index (χ3n) is 9.05. The van der Waals surface area contributed by atoms with Crippen molar-refractivity contribution < 1.29 is 9.90 Å². The van der Waals surface area contributed by atoms with Gasteiger partial charge in [-0.25, -0.2) is 0 Å². The Bertz CT molecular complexity index is 500. The molecule has 4 fully saturated rings. The molecule has 0 aromatic rings. The molecule has 0 unspecified atom stereocenters. The predicted molar refractivity (Wildman–Crippen MR) is 91.9 cm³/mol. The van der Waals surface area contributed by atoms with E-state index in [1.807, 2.05) is 0 Å². The van der Waals surface area contributed by atoms with Gasteiger partial charge in [-0.1, -0.05) is 26.7 Å². The first-order chi connectivity index (χ1) is 10.9. The lowest BCUT2D eigenvalue weighted by atomic mass is 9.45. The predicted octanol–water partition coefficient (Wildman–Crippen LogP) is 4.60. The van der Waals surface area contributed by atoms with E-state index in [1.54, 1.807) is 6.92 Å². The molecule has 4 rings (SSSR count). The maximum absolute atomic E-state index is 12.2. The Kier molecular flexibility index (Phi) is 3.72. The zero-order chi connectivity index (χ0) is 16.4. The first-order valence-corrected chi connectivity index (χ1v) is 10.1. The van der Waals surface area contributed by atoms with Crippen LogP contribution in [-0.4, -0.2) is 17.0 Å². The average Bonchev–Trinajstić information content (AvgIpc) is 2.77. The van der Waals surface area contributed by atoms with Gasteiger partial charge in [0.05, 0.1) is 6.10 Å². The Hall–Kier alpha value is -0.370. The monoisotopic (exact) mass is 318 g/mol. The first kappa shape index (κ1) is 16.1. The SMILES string of the molecule is CC(=O)[C@@H]1[C@H](O)C[C@@H]2[C@@H]3CC[C@@H]4CCCC[C@]4(C)[C@@H]3CC[C@@]21C. The van der Waals surface area contributed by atoms with Crippen LogP contribution >= 0.6 is 0 Å². The Labute approximate surface area is 141 Å². The topological polar surface area (TPSA) is 37.3 Å². The van der Waals surface area contributed by atoms with Gasteiger partial charge in [0.2, 0.25) is 0 Å². The van der Waals surface area contributed by atoms with Gasteiger partial charge in [-0.2, -0.15) is 0 Å². The van der Waals surface area contributed by atoms with Crippen molar-refractivity contribution in [2.24, 2.45) is 40.4 Å². The van der Waals surface area contributed by atoms with Crippen LogP contribution in [0.15, 0.2) is 0 Å². The Morgan fingerprint density at radius 1 is 0.957 bits per heavy atom. The van der Waals surface area contributed by atoms with Crippen LogP contribution in [0.25, 0.3) is 0 Å². The molecule has 0 aliphatic heterocycles. The number of fused-ring (bicyclic) bond motifs is 5. The van der Waals surface area contributed by atoms with Crippen molar-refractivity contribution in [3.8, 4) is 0 Å². The van der Waals surface area contributed by atoms with Gasteiger partial charge >= 0.3 is 0 Å².